The maximum Gasteiger partial charge on any atom is 0.269 e. The predicted octanol–water partition coefficient (Wildman–Crippen LogP) is 6.33. The standard InChI is InChI=1S/C24H17Cl2N3O4/c1-15-2-6-20(7-3-15)28-24(30)18(13-27)10-17-11-19(25)12-22(26)23(17)33-14-16-4-8-21(9-5-16)29(31)32/h2-12H,14H2,1H3,(H,28,30)/b18-10+. The maximum atomic E-state index is 12.6. The number of carbonyl (C=O) groups excluding carboxylic acids is 1. The van der Waals surface area contributed by atoms with Crippen molar-refractivity contribution in [1.82, 2.24) is 0 Å². The smallest absolute Gasteiger partial charge is 0.269 e. The van der Waals surface area contributed by atoms with E-state index in [9.17, 15) is 20.2 Å². The summed E-state index contributed by atoms with van der Waals surface area (Å²) >= 11 is 12.4. The fraction of sp³-hybridized carbons (Fsp3) is 0.0833. The van der Waals surface area contributed by atoms with Crippen LogP contribution < -0.4 is 10.1 Å². The summed E-state index contributed by atoms with van der Waals surface area (Å²) in [6.07, 6.45) is 1.34. The van der Waals surface area contributed by atoms with Crippen molar-refractivity contribution >= 4 is 46.6 Å². The fourth-order valence-corrected chi connectivity index (χ4v) is 3.41. The first-order valence-electron chi connectivity index (χ1n) is 9.62. The second-order valence-electron chi connectivity index (χ2n) is 7.01. The number of benzene rings is 3. The Morgan fingerprint density at radius 2 is 1.82 bits per heavy atom. The van der Waals surface area contributed by atoms with Crippen molar-refractivity contribution in [2.24, 2.45) is 0 Å². The van der Waals surface area contributed by atoms with Crippen LogP contribution in [0.2, 0.25) is 10.0 Å². The Bertz CT molecular complexity index is 1260. The van der Waals surface area contributed by atoms with Gasteiger partial charge >= 0.3 is 0 Å². The molecule has 0 aliphatic heterocycles. The van der Waals surface area contributed by atoms with Gasteiger partial charge in [-0.2, -0.15) is 5.26 Å². The molecule has 0 saturated heterocycles. The molecule has 0 spiro atoms. The van der Waals surface area contributed by atoms with E-state index in [-0.39, 0.29) is 28.6 Å². The van der Waals surface area contributed by atoms with Gasteiger partial charge in [-0.25, -0.2) is 0 Å². The molecule has 0 radical (unpaired) electrons. The highest BCUT2D eigenvalue weighted by Gasteiger charge is 2.15. The Balaban J connectivity index is 1.85. The van der Waals surface area contributed by atoms with Crippen LogP contribution in [0.25, 0.3) is 6.08 Å². The third kappa shape index (κ3) is 6.32. The molecule has 3 aromatic carbocycles. The molecule has 1 N–H and O–H groups in total. The Morgan fingerprint density at radius 3 is 2.42 bits per heavy atom. The first-order valence-corrected chi connectivity index (χ1v) is 10.4. The predicted molar refractivity (Wildman–Crippen MR) is 127 cm³/mol. The van der Waals surface area contributed by atoms with Crippen LogP contribution >= 0.6 is 23.2 Å². The van der Waals surface area contributed by atoms with E-state index in [4.69, 9.17) is 27.9 Å². The minimum absolute atomic E-state index is 0.0369. The molecule has 0 heterocycles. The average Bonchev–Trinajstić information content (AvgIpc) is 2.78. The minimum Gasteiger partial charge on any atom is -0.487 e. The highest BCUT2D eigenvalue weighted by atomic mass is 35.5. The van der Waals surface area contributed by atoms with Gasteiger partial charge in [0.1, 0.15) is 24.0 Å². The number of hydrogen-bond donors (Lipinski definition) is 1. The summed E-state index contributed by atoms with van der Waals surface area (Å²) in [7, 11) is 0. The van der Waals surface area contributed by atoms with Gasteiger partial charge in [0.2, 0.25) is 0 Å². The third-order valence-electron chi connectivity index (χ3n) is 4.54. The summed E-state index contributed by atoms with van der Waals surface area (Å²) in [5.74, 6) is -0.380. The van der Waals surface area contributed by atoms with E-state index < -0.39 is 10.8 Å². The number of anilines is 1. The molecule has 0 bridgehead atoms. The van der Waals surface area contributed by atoms with Gasteiger partial charge < -0.3 is 10.1 Å². The van der Waals surface area contributed by atoms with E-state index in [1.54, 1.807) is 24.3 Å². The molecule has 3 aromatic rings. The van der Waals surface area contributed by atoms with Crippen LogP contribution in [0.3, 0.4) is 0 Å². The molecule has 0 unspecified atom stereocenters. The second-order valence-corrected chi connectivity index (χ2v) is 7.85. The number of nitriles is 1. The van der Waals surface area contributed by atoms with Crippen LogP contribution in [-0.4, -0.2) is 10.8 Å². The van der Waals surface area contributed by atoms with E-state index in [0.717, 1.165) is 5.56 Å². The van der Waals surface area contributed by atoms with Crippen molar-refractivity contribution < 1.29 is 14.5 Å². The number of nitrogens with one attached hydrogen (secondary N) is 1. The van der Waals surface area contributed by atoms with Crippen LogP contribution in [0.5, 0.6) is 5.75 Å². The molecular formula is C24H17Cl2N3O4. The number of rotatable bonds is 7. The Morgan fingerprint density at radius 1 is 1.15 bits per heavy atom. The van der Waals surface area contributed by atoms with E-state index in [2.05, 4.69) is 5.32 Å². The average molecular weight is 482 g/mol. The molecule has 0 saturated carbocycles. The van der Waals surface area contributed by atoms with E-state index >= 15 is 0 Å². The molecule has 0 fully saturated rings. The van der Waals surface area contributed by atoms with Crippen molar-refractivity contribution in [2.75, 3.05) is 5.32 Å². The summed E-state index contributed by atoms with van der Waals surface area (Å²) in [5, 5.41) is 23.5. The number of nitrogens with zero attached hydrogens (tertiary/aromatic N) is 2. The molecule has 3 rings (SSSR count). The highest BCUT2D eigenvalue weighted by Crippen LogP contribution is 2.34. The molecule has 0 aliphatic carbocycles. The number of non-ortho nitro benzene ring substituents is 1. The summed E-state index contributed by atoms with van der Waals surface area (Å²) in [6, 6.07) is 17.9. The van der Waals surface area contributed by atoms with Gasteiger partial charge in [0.15, 0.2) is 0 Å². The third-order valence-corrected chi connectivity index (χ3v) is 5.04. The molecule has 166 valence electrons. The molecule has 1 amide bonds. The summed E-state index contributed by atoms with van der Waals surface area (Å²) < 4.78 is 5.82. The molecular weight excluding hydrogens is 465 g/mol. The lowest BCUT2D eigenvalue weighted by atomic mass is 10.1. The zero-order valence-corrected chi connectivity index (χ0v) is 18.9. The summed E-state index contributed by atoms with van der Waals surface area (Å²) in [6.45, 7) is 1.98. The Kier molecular flexibility index (Phi) is 7.67. The summed E-state index contributed by atoms with van der Waals surface area (Å²) in [4.78, 5) is 22.9. The Labute approximate surface area is 200 Å². The molecule has 33 heavy (non-hydrogen) atoms. The van der Waals surface area contributed by atoms with Crippen molar-refractivity contribution in [3.05, 3.63) is 103 Å². The van der Waals surface area contributed by atoms with Crippen molar-refractivity contribution in [3.63, 3.8) is 0 Å². The van der Waals surface area contributed by atoms with Gasteiger partial charge in [0, 0.05) is 28.4 Å². The van der Waals surface area contributed by atoms with Crippen LogP contribution in [0, 0.1) is 28.4 Å². The Hall–Kier alpha value is -3.86. The normalized spacial score (nSPS) is 10.9. The molecule has 7 nitrogen and oxygen atoms in total. The SMILES string of the molecule is Cc1ccc(NC(=O)/C(C#N)=C/c2cc(Cl)cc(Cl)c2OCc2ccc([N+](=O)[O-])cc2)cc1. The lowest BCUT2D eigenvalue weighted by Crippen LogP contribution is -2.13. The first kappa shape index (κ1) is 23.8. The van der Waals surface area contributed by atoms with Crippen molar-refractivity contribution in [1.29, 1.82) is 5.26 Å². The second kappa shape index (κ2) is 10.6. The number of nitro benzene ring substituents is 1. The number of nitro groups is 1. The van der Waals surface area contributed by atoms with Gasteiger partial charge in [0.25, 0.3) is 11.6 Å². The van der Waals surface area contributed by atoms with Gasteiger partial charge in [0.05, 0.1) is 9.95 Å². The zero-order chi connectivity index (χ0) is 24.0. The number of aryl methyl sites for hydroxylation is 1. The van der Waals surface area contributed by atoms with Crippen molar-refractivity contribution in [3.8, 4) is 11.8 Å². The van der Waals surface area contributed by atoms with Crippen LogP contribution in [-0.2, 0) is 11.4 Å². The fourth-order valence-electron chi connectivity index (χ4n) is 2.85. The number of halogens is 2. The monoisotopic (exact) mass is 481 g/mol. The number of hydrogen-bond acceptors (Lipinski definition) is 5. The highest BCUT2D eigenvalue weighted by molar-refractivity contribution is 6.36. The molecule has 0 aliphatic rings. The van der Waals surface area contributed by atoms with Gasteiger partial charge in [-0.3, -0.25) is 14.9 Å². The largest absolute Gasteiger partial charge is 0.487 e. The molecule has 0 atom stereocenters. The zero-order valence-electron chi connectivity index (χ0n) is 17.3. The quantitative estimate of drug-likeness (QED) is 0.183. The van der Waals surface area contributed by atoms with Crippen LogP contribution in [0.1, 0.15) is 16.7 Å². The molecule has 9 heteroatoms. The first-order chi connectivity index (χ1) is 15.8. The van der Waals surface area contributed by atoms with E-state index in [0.29, 0.717) is 21.8 Å². The number of amides is 1. The summed E-state index contributed by atoms with van der Waals surface area (Å²) in [5.41, 5.74) is 2.38. The van der Waals surface area contributed by atoms with Gasteiger partial charge in [-0.1, -0.05) is 40.9 Å². The maximum absolute atomic E-state index is 12.6. The molecule has 0 aromatic heterocycles. The number of ether oxygens (including phenoxy) is 1. The van der Waals surface area contributed by atoms with E-state index in [1.807, 2.05) is 25.1 Å². The van der Waals surface area contributed by atoms with Gasteiger partial charge in [-0.05, 0) is 55.0 Å². The number of carbonyl (C=O) groups is 1. The van der Waals surface area contributed by atoms with Crippen molar-refractivity contribution in [2.45, 2.75) is 13.5 Å². The van der Waals surface area contributed by atoms with Crippen LogP contribution in [0.15, 0.2) is 66.2 Å². The lowest BCUT2D eigenvalue weighted by Gasteiger charge is -2.13. The van der Waals surface area contributed by atoms with Gasteiger partial charge in [-0.15, -0.1) is 0 Å². The van der Waals surface area contributed by atoms with E-state index in [1.165, 1.54) is 30.3 Å². The van der Waals surface area contributed by atoms with Crippen LogP contribution in [0.4, 0.5) is 11.4 Å². The lowest BCUT2D eigenvalue weighted by molar-refractivity contribution is -0.384. The minimum atomic E-state index is -0.598. The topological polar surface area (TPSA) is 105 Å².